The molecule has 2 amide bonds. The summed E-state index contributed by atoms with van der Waals surface area (Å²) < 4.78 is 5.37. The monoisotopic (exact) mass is 254 g/mol. The number of carbonyl (C=O) groups is 1. The average molecular weight is 254 g/mol. The Balaban J connectivity index is 1.95. The van der Waals surface area contributed by atoms with Crippen molar-refractivity contribution in [3.8, 4) is 0 Å². The largest absolute Gasteiger partial charge is 0.381 e. The molecule has 2 heterocycles. The second-order valence-electron chi connectivity index (χ2n) is 5.49. The highest BCUT2D eigenvalue weighted by Crippen LogP contribution is 2.22. The summed E-state index contributed by atoms with van der Waals surface area (Å²) >= 11 is 0. The van der Waals surface area contributed by atoms with Crippen molar-refractivity contribution in [2.24, 2.45) is 0 Å². The third kappa shape index (κ3) is 2.97. The fourth-order valence-corrected chi connectivity index (χ4v) is 3.11. The minimum Gasteiger partial charge on any atom is -0.381 e. The summed E-state index contributed by atoms with van der Waals surface area (Å²) in [5.41, 5.74) is 0. The minimum atomic E-state index is 0.230. The first-order valence-electron chi connectivity index (χ1n) is 7.35. The van der Waals surface area contributed by atoms with Crippen LogP contribution < -0.4 is 0 Å². The highest BCUT2D eigenvalue weighted by molar-refractivity contribution is 5.75. The molecule has 2 aliphatic heterocycles. The first-order chi connectivity index (χ1) is 8.74. The second kappa shape index (κ2) is 6.41. The molecule has 2 saturated heterocycles. The Morgan fingerprint density at radius 1 is 1.28 bits per heavy atom. The molecule has 1 atom stereocenters. The predicted octanol–water partition coefficient (Wildman–Crippen LogP) is 2.48. The van der Waals surface area contributed by atoms with E-state index in [0.717, 1.165) is 45.4 Å². The number of likely N-dealkylation sites (tertiary alicyclic amines) is 1. The van der Waals surface area contributed by atoms with E-state index in [1.165, 1.54) is 12.8 Å². The molecule has 0 bridgehead atoms. The van der Waals surface area contributed by atoms with E-state index < -0.39 is 0 Å². The summed E-state index contributed by atoms with van der Waals surface area (Å²) in [6.07, 6.45) is 6.63. The van der Waals surface area contributed by atoms with Gasteiger partial charge in [0.05, 0.1) is 0 Å². The second-order valence-corrected chi connectivity index (χ2v) is 5.49. The number of nitrogens with zero attached hydrogens (tertiary/aromatic N) is 2. The van der Waals surface area contributed by atoms with E-state index in [0.29, 0.717) is 12.1 Å². The van der Waals surface area contributed by atoms with Crippen molar-refractivity contribution in [2.75, 3.05) is 26.8 Å². The summed E-state index contributed by atoms with van der Waals surface area (Å²) in [4.78, 5) is 16.6. The smallest absolute Gasteiger partial charge is 0.320 e. The molecular weight excluding hydrogens is 228 g/mol. The maximum Gasteiger partial charge on any atom is 0.320 e. The number of carbonyl (C=O) groups excluding carboxylic acids is 1. The van der Waals surface area contributed by atoms with Crippen molar-refractivity contribution in [3.63, 3.8) is 0 Å². The van der Waals surface area contributed by atoms with E-state index in [9.17, 15) is 4.79 Å². The Morgan fingerprint density at radius 3 is 2.67 bits per heavy atom. The van der Waals surface area contributed by atoms with Gasteiger partial charge in [0.15, 0.2) is 0 Å². The van der Waals surface area contributed by atoms with E-state index in [1.54, 1.807) is 0 Å². The van der Waals surface area contributed by atoms with Gasteiger partial charge in [-0.05, 0) is 38.5 Å². The number of hydrogen-bond acceptors (Lipinski definition) is 2. The molecule has 2 aliphatic rings. The van der Waals surface area contributed by atoms with Crippen molar-refractivity contribution in [1.29, 1.82) is 0 Å². The third-order valence-corrected chi connectivity index (χ3v) is 4.38. The molecule has 2 fully saturated rings. The predicted molar refractivity (Wildman–Crippen MR) is 71.6 cm³/mol. The molecule has 0 aromatic carbocycles. The quantitative estimate of drug-likeness (QED) is 0.758. The van der Waals surface area contributed by atoms with Gasteiger partial charge in [-0.25, -0.2) is 4.79 Å². The SMILES string of the molecule is CCC1CCCCN1C(=O)N(C)C1CCOCC1. The topological polar surface area (TPSA) is 32.8 Å². The van der Waals surface area contributed by atoms with Gasteiger partial charge in [-0.15, -0.1) is 0 Å². The lowest BCUT2D eigenvalue weighted by Crippen LogP contribution is -2.52. The maximum absolute atomic E-state index is 12.6. The van der Waals surface area contributed by atoms with Crippen LogP contribution in [0.3, 0.4) is 0 Å². The Kier molecular flexibility index (Phi) is 4.87. The van der Waals surface area contributed by atoms with Crippen LogP contribution in [0.5, 0.6) is 0 Å². The Bertz CT molecular complexity index is 277. The van der Waals surface area contributed by atoms with E-state index in [2.05, 4.69) is 11.8 Å². The Morgan fingerprint density at radius 2 is 2.00 bits per heavy atom. The van der Waals surface area contributed by atoms with Crippen molar-refractivity contribution >= 4 is 6.03 Å². The van der Waals surface area contributed by atoms with Gasteiger partial charge >= 0.3 is 6.03 Å². The molecule has 0 spiro atoms. The van der Waals surface area contributed by atoms with Crippen molar-refractivity contribution in [3.05, 3.63) is 0 Å². The number of hydrogen-bond donors (Lipinski definition) is 0. The van der Waals surface area contributed by atoms with Crippen LogP contribution in [0.25, 0.3) is 0 Å². The van der Waals surface area contributed by atoms with Crippen LogP contribution in [0.1, 0.15) is 45.4 Å². The van der Waals surface area contributed by atoms with Crippen LogP contribution in [-0.4, -0.2) is 54.7 Å². The van der Waals surface area contributed by atoms with Gasteiger partial charge in [0, 0.05) is 38.9 Å². The first-order valence-corrected chi connectivity index (χ1v) is 7.35. The van der Waals surface area contributed by atoms with Crippen LogP contribution in [0.4, 0.5) is 4.79 Å². The van der Waals surface area contributed by atoms with E-state index >= 15 is 0 Å². The van der Waals surface area contributed by atoms with E-state index in [1.807, 2.05) is 11.9 Å². The molecule has 1 unspecified atom stereocenters. The molecule has 0 aliphatic carbocycles. The van der Waals surface area contributed by atoms with Crippen LogP contribution >= 0.6 is 0 Å². The van der Waals surface area contributed by atoms with Gasteiger partial charge in [0.1, 0.15) is 0 Å². The average Bonchev–Trinajstić information content (AvgIpc) is 2.46. The lowest BCUT2D eigenvalue weighted by Gasteiger charge is -2.40. The number of urea groups is 1. The highest BCUT2D eigenvalue weighted by Gasteiger charge is 2.31. The zero-order chi connectivity index (χ0) is 13.0. The number of amides is 2. The molecule has 0 aromatic heterocycles. The molecule has 2 rings (SSSR count). The van der Waals surface area contributed by atoms with Crippen molar-refractivity contribution < 1.29 is 9.53 Å². The number of rotatable bonds is 2. The van der Waals surface area contributed by atoms with Crippen LogP contribution in [0.15, 0.2) is 0 Å². The fourth-order valence-electron chi connectivity index (χ4n) is 3.11. The maximum atomic E-state index is 12.6. The van der Waals surface area contributed by atoms with Crippen LogP contribution in [0.2, 0.25) is 0 Å². The zero-order valence-electron chi connectivity index (χ0n) is 11.7. The van der Waals surface area contributed by atoms with E-state index in [-0.39, 0.29) is 6.03 Å². The molecule has 0 saturated carbocycles. The van der Waals surface area contributed by atoms with Crippen LogP contribution in [-0.2, 0) is 4.74 Å². The fraction of sp³-hybridized carbons (Fsp3) is 0.929. The van der Waals surface area contributed by atoms with E-state index in [4.69, 9.17) is 4.74 Å². The minimum absolute atomic E-state index is 0.230. The van der Waals surface area contributed by atoms with Gasteiger partial charge in [-0.1, -0.05) is 6.92 Å². The zero-order valence-corrected chi connectivity index (χ0v) is 11.7. The standard InChI is InChI=1S/C14H26N2O2/c1-3-12-6-4-5-9-16(12)14(17)15(2)13-7-10-18-11-8-13/h12-13H,3-11H2,1-2H3. The summed E-state index contributed by atoms with van der Waals surface area (Å²) in [7, 11) is 1.96. The third-order valence-electron chi connectivity index (χ3n) is 4.38. The molecule has 4 heteroatoms. The highest BCUT2D eigenvalue weighted by atomic mass is 16.5. The molecule has 4 nitrogen and oxygen atoms in total. The van der Waals surface area contributed by atoms with Crippen molar-refractivity contribution in [2.45, 2.75) is 57.5 Å². The molecule has 18 heavy (non-hydrogen) atoms. The van der Waals surface area contributed by atoms with Crippen molar-refractivity contribution in [1.82, 2.24) is 9.80 Å². The summed E-state index contributed by atoms with van der Waals surface area (Å²) in [6, 6.07) is 1.05. The molecule has 0 N–H and O–H groups in total. The number of ether oxygens (including phenoxy) is 1. The molecular formula is C14H26N2O2. The van der Waals surface area contributed by atoms with Gasteiger partial charge in [0.25, 0.3) is 0 Å². The molecule has 0 radical (unpaired) electrons. The number of piperidine rings is 1. The van der Waals surface area contributed by atoms with Gasteiger partial charge in [-0.3, -0.25) is 0 Å². The Labute approximate surface area is 110 Å². The molecule has 0 aromatic rings. The van der Waals surface area contributed by atoms with Crippen LogP contribution in [0, 0.1) is 0 Å². The van der Waals surface area contributed by atoms with Gasteiger partial charge in [0.2, 0.25) is 0 Å². The lowest BCUT2D eigenvalue weighted by molar-refractivity contribution is 0.0408. The normalized spacial score (nSPS) is 26.1. The summed E-state index contributed by atoms with van der Waals surface area (Å²) in [5.74, 6) is 0. The lowest BCUT2D eigenvalue weighted by atomic mass is 10.00. The van der Waals surface area contributed by atoms with Gasteiger partial charge < -0.3 is 14.5 Å². The van der Waals surface area contributed by atoms with Gasteiger partial charge in [-0.2, -0.15) is 0 Å². The summed E-state index contributed by atoms with van der Waals surface area (Å²) in [6.45, 7) is 4.70. The summed E-state index contributed by atoms with van der Waals surface area (Å²) in [5, 5.41) is 0. The first kappa shape index (κ1) is 13.7. The molecule has 104 valence electrons. The Hall–Kier alpha value is -0.770.